The molecule has 116 valence electrons. The van der Waals surface area contributed by atoms with Crippen molar-refractivity contribution in [2.24, 2.45) is 5.41 Å². The molecule has 1 rings (SSSR count). The highest BCUT2D eigenvalue weighted by molar-refractivity contribution is 9.10. The van der Waals surface area contributed by atoms with Crippen molar-refractivity contribution in [1.82, 2.24) is 5.32 Å². The quantitative estimate of drug-likeness (QED) is 0.820. The van der Waals surface area contributed by atoms with Crippen LogP contribution in [0.5, 0.6) is 0 Å². The second kappa shape index (κ2) is 7.59. The summed E-state index contributed by atoms with van der Waals surface area (Å²) in [5.41, 5.74) is 0.772. The Balaban J connectivity index is 2.87. The molecule has 0 aliphatic rings. The van der Waals surface area contributed by atoms with Crippen LogP contribution in [0, 0.1) is 5.41 Å². The van der Waals surface area contributed by atoms with E-state index >= 15 is 0 Å². The van der Waals surface area contributed by atoms with Crippen molar-refractivity contribution in [2.45, 2.75) is 39.7 Å². The number of carbonyl (C=O) groups excluding carboxylic acids is 2. The lowest BCUT2D eigenvalue weighted by atomic mass is 9.91. The molecule has 1 N–H and O–H groups in total. The van der Waals surface area contributed by atoms with Gasteiger partial charge in [-0.25, -0.2) is 0 Å². The highest BCUT2D eigenvalue weighted by Crippen LogP contribution is 2.23. The van der Waals surface area contributed by atoms with Gasteiger partial charge in [-0.3, -0.25) is 9.59 Å². The number of amides is 1. The van der Waals surface area contributed by atoms with E-state index in [0.717, 1.165) is 10.0 Å². The lowest BCUT2D eigenvalue weighted by molar-refractivity contribution is -0.141. The third kappa shape index (κ3) is 6.76. The van der Waals surface area contributed by atoms with Crippen LogP contribution < -0.4 is 5.32 Å². The fourth-order valence-electron chi connectivity index (χ4n) is 1.95. The van der Waals surface area contributed by atoms with E-state index < -0.39 is 0 Å². The van der Waals surface area contributed by atoms with Gasteiger partial charge in [-0.2, -0.15) is 0 Å². The highest BCUT2D eigenvalue weighted by atomic mass is 79.9. The van der Waals surface area contributed by atoms with Gasteiger partial charge in [0.05, 0.1) is 19.6 Å². The summed E-state index contributed by atoms with van der Waals surface area (Å²) in [6, 6.07) is 7.17. The summed E-state index contributed by atoms with van der Waals surface area (Å²) in [6.07, 6.45) is 0.515. The van der Waals surface area contributed by atoms with Crippen LogP contribution in [-0.2, 0) is 14.3 Å². The molecule has 0 bridgehead atoms. The lowest BCUT2D eigenvalue weighted by Gasteiger charge is -2.22. The molecule has 0 saturated carbocycles. The minimum absolute atomic E-state index is 0.0728. The maximum atomic E-state index is 12.1. The maximum Gasteiger partial charge on any atom is 0.307 e. The zero-order valence-corrected chi connectivity index (χ0v) is 14.5. The third-order valence-electron chi connectivity index (χ3n) is 2.88. The number of methoxy groups -OCH3 is 1. The number of esters is 1. The average Bonchev–Trinajstić information content (AvgIpc) is 2.35. The van der Waals surface area contributed by atoms with Gasteiger partial charge in [0.15, 0.2) is 0 Å². The topological polar surface area (TPSA) is 55.4 Å². The fourth-order valence-corrected chi connectivity index (χ4v) is 2.37. The van der Waals surface area contributed by atoms with Crippen molar-refractivity contribution in [2.75, 3.05) is 7.11 Å². The number of carbonyl (C=O) groups is 2. The molecule has 1 unspecified atom stereocenters. The zero-order chi connectivity index (χ0) is 16.0. The number of benzene rings is 1. The summed E-state index contributed by atoms with van der Waals surface area (Å²) in [6.45, 7) is 6.00. The van der Waals surface area contributed by atoms with Crippen molar-refractivity contribution >= 4 is 27.8 Å². The number of rotatable bonds is 5. The number of nitrogens with one attached hydrogen (secondary N) is 1. The van der Waals surface area contributed by atoms with Crippen LogP contribution in [0.2, 0.25) is 0 Å². The second-order valence-corrected chi connectivity index (χ2v) is 7.11. The van der Waals surface area contributed by atoms with Gasteiger partial charge in [-0.1, -0.05) is 48.8 Å². The predicted molar refractivity (Wildman–Crippen MR) is 85.7 cm³/mol. The summed E-state index contributed by atoms with van der Waals surface area (Å²) >= 11 is 3.40. The minimum atomic E-state index is -0.384. The number of ether oxygens (including phenoxy) is 1. The Morgan fingerprint density at radius 1 is 1.33 bits per heavy atom. The number of hydrogen-bond donors (Lipinski definition) is 1. The third-order valence-corrected chi connectivity index (χ3v) is 3.37. The van der Waals surface area contributed by atoms with E-state index in [1.54, 1.807) is 0 Å². The van der Waals surface area contributed by atoms with Gasteiger partial charge in [0.25, 0.3) is 0 Å². The first kappa shape index (κ1) is 17.7. The number of hydrogen-bond acceptors (Lipinski definition) is 3. The molecule has 1 aromatic rings. The van der Waals surface area contributed by atoms with Gasteiger partial charge in [0.2, 0.25) is 5.91 Å². The zero-order valence-electron chi connectivity index (χ0n) is 12.9. The van der Waals surface area contributed by atoms with Gasteiger partial charge < -0.3 is 10.1 Å². The molecule has 0 fully saturated rings. The molecule has 0 aliphatic heterocycles. The minimum Gasteiger partial charge on any atom is -0.469 e. The molecule has 0 heterocycles. The van der Waals surface area contributed by atoms with E-state index in [4.69, 9.17) is 4.74 Å². The van der Waals surface area contributed by atoms with Gasteiger partial charge in [0.1, 0.15) is 0 Å². The first-order valence-corrected chi connectivity index (χ1v) is 7.62. The van der Waals surface area contributed by atoms with Crippen LogP contribution in [0.3, 0.4) is 0 Å². The van der Waals surface area contributed by atoms with Crippen LogP contribution in [0.4, 0.5) is 0 Å². The lowest BCUT2D eigenvalue weighted by Crippen LogP contribution is -2.32. The molecule has 1 amide bonds. The molecule has 0 aromatic heterocycles. The summed E-state index contributed by atoms with van der Waals surface area (Å²) in [5.74, 6) is -0.424. The van der Waals surface area contributed by atoms with Crippen molar-refractivity contribution in [3.63, 3.8) is 0 Å². The van der Waals surface area contributed by atoms with Gasteiger partial charge >= 0.3 is 5.97 Å². The van der Waals surface area contributed by atoms with E-state index in [2.05, 4.69) is 21.2 Å². The normalized spacial score (nSPS) is 12.6. The van der Waals surface area contributed by atoms with Crippen molar-refractivity contribution in [1.29, 1.82) is 0 Å². The summed E-state index contributed by atoms with van der Waals surface area (Å²) < 4.78 is 5.62. The second-order valence-electron chi connectivity index (χ2n) is 6.19. The Kier molecular flexibility index (Phi) is 6.40. The standard InChI is InChI=1S/C16H22BrNO3/c1-16(2,3)10-14(19)18-13(9-15(20)21-4)11-6-5-7-12(17)8-11/h5-8,13H,9-10H2,1-4H3,(H,18,19). The molecule has 1 atom stereocenters. The van der Waals surface area contributed by atoms with E-state index in [-0.39, 0.29) is 29.8 Å². The molecule has 5 heteroatoms. The van der Waals surface area contributed by atoms with E-state index in [9.17, 15) is 9.59 Å². The van der Waals surface area contributed by atoms with Crippen molar-refractivity contribution in [3.8, 4) is 0 Å². The van der Waals surface area contributed by atoms with Gasteiger partial charge in [-0.05, 0) is 23.1 Å². The Morgan fingerprint density at radius 3 is 2.52 bits per heavy atom. The number of halogens is 1. The predicted octanol–water partition coefficient (Wildman–Crippen LogP) is 3.61. The SMILES string of the molecule is COC(=O)CC(NC(=O)CC(C)(C)C)c1cccc(Br)c1. The van der Waals surface area contributed by atoms with Gasteiger partial charge in [0, 0.05) is 10.9 Å². The fraction of sp³-hybridized carbons (Fsp3) is 0.500. The smallest absolute Gasteiger partial charge is 0.307 e. The molecule has 0 aliphatic carbocycles. The molecule has 0 radical (unpaired) electrons. The molecule has 0 spiro atoms. The van der Waals surface area contributed by atoms with Gasteiger partial charge in [-0.15, -0.1) is 0 Å². The van der Waals surface area contributed by atoms with Crippen molar-refractivity contribution in [3.05, 3.63) is 34.3 Å². The van der Waals surface area contributed by atoms with Crippen LogP contribution in [-0.4, -0.2) is 19.0 Å². The molecular formula is C16H22BrNO3. The Hall–Kier alpha value is -1.36. The highest BCUT2D eigenvalue weighted by Gasteiger charge is 2.22. The molecule has 1 aromatic carbocycles. The van der Waals surface area contributed by atoms with Crippen LogP contribution >= 0.6 is 15.9 Å². The molecule has 21 heavy (non-hydrogen) atoms. The van der Waals surface area contributed by atoms with Crippen molar-refractivity contribution < 1.29 is 14.3 Å². The maximum absolute atomic E-state index is 12.1. The van der Waals surface area contributed by atoms with E-state index in [0.29, 0.717) is 6.42 Å². The molecule has 4 nitrogen and oxygen atoms in total. The molecule has 0 saturated heterocycles. The average molecular weight is 356 g/mol. The van der Waals surface area contributed by atoms with Crippen LogP contribution in [0.25, 0.3) is 0 Å². The summed E-state index contributed by atoms with van der Waals surface area (Å²) in [7, 11) is 1.34. The Labute approximate surface area is 134 Å². The largest absolute Gasteiger partial charge is 0.469 e. The summed E-state index contributed by atoms with van der Waals surface area (Å²) in [4.78, 5) is 23.7. The first-order chi connectivity index (χ1) is 9.71. The van der Waals surface area contributed by atoms with E-state index in [1.165, 1.54) is 7.11 Å². The Morgan fingerprint density at radius 2 is 2.00 bits per heavy atom. The first-order valence-electron chi connectivity index (χ1n) is 6.83. The van der Waals surface area contributed by atoms with E-state index in [1.807, 2.05) is 45.0 Å². The molecular weight excluding hydrogens is 334 g/mol. The Bertz CT molecular complexity index is 508. The summed E-state index contributed by atoms with van der Waals surface area (Å²) in [5, 5.41) is 2.92. The monoisotopic (exact) mass is 355 g/mol. The van der Waals surface area contributed by atoms with Crippen LogP contribution in [0.15, 0.2) is 28.7 Å². The van der Waals surface area contributed by atoms with Crippen LogP contribution in [0.1, 0.15) is 45.2 Å².